The van der Waals surface area contributed by atoms with Crippen molar-refractivity contribution < 1.29 is 14.7 Å². The van der Waals surface area contributed by atoms with E-state index >= 15 is 0 Å². The van der Waals surface area contributed by atoms with Crippen LogP contribution >= 0.6 is 0 Å². The minimum atomic E-state index is -0.896. The molecule has 0 aromatic carbocycles. The van der Waals surface area contributed by atoms with Gasteiger partial charge in [-0.15, -0.1) is 0 Å². The summed E-state index contributed by atoms with van der Waals surface area (Å²) in [6.07, 6.45) is 6.88. The SMILES string of the molecule is C[C@@H]1CC(C)(C)C[C@]2(C1)NC(=O)N(CC1(O)CCCCC1)C2=O. The Kier molecular flexibility index (Phi) is 3.98. The minimum absolute atomic E-state index is 0.0400. The van der Waals surface area contributed by atoms with Crippen molar-refractivity contribution in [2.24, 2.45) is 11.3 Å². The molecule has 0 unspecified atom stereocenters. The number of nitrogens with one attached hydrogen (secondary N) is 1. The van der Waals surface area contributed by atoms with Crippen LogP contribution < -0.4 is 5.32 Å². The highest BCUT2D eigenvalue weighted by atomic mass is 16.3. The molecule has 2 aliphatic carbocycles. The third-order valence-electron chi connectivity index (χ3n) is 5.86. The van der Waals surface area contributed by atoms with Gasteiger partial charge < -0.3 is 10.4 Å². The van der Waals surface area contributed by atoms with Crippen molar-refractivity contribution in [3.63, 3.8) is 0 Å². The number of amides is 3. The number of nitrogens with zero attached hydrogens (tertiary/aromatic N) is 1. The number of carbonyl (C=O) groups is 2. The lowest BCUT2D eigenvalue weighted by atomic mass is 9.64. The van der Waals surface area contributed by atoms with Crippen LogP contribution in [-0.4, -0.2) is 39.6 Å². The fraction of sp³-hybridized carbons (Fsp3) is 0.889. The summed E-state index contributed by atoms with van der Waals surface area (Å²) in [5.74, 6) is 0.279. The van der Waals surface area contributed by atoms with Crippen LogP contribution in [0.1, 0.15) is 72.1 Å². The molecule has 2 atom stereocenters. The molecule has 3 fully saturated rings. The maximum absolute atomic E-state index is 13.1. The van der Waals surface area contributed by atoms with E-state index in [9.17, 15) is 14.7 Å². The van der Waals surface area contributed by atoms with Gasteiger partial charge in [0.25, 0.3) is 5.91 Å². The lowest BCUT2D eigenvalue weighted by Gasteiger charge is -2.44. The predicted molar refractivity (Wildman–Crippen MR) is 87.8 cm³/mol. The van der Waals surface area contributed by atoms with Crippen LogP contribution in [0.25, 0.3) is 0 Å². The van der Waals surface area contributed by atoms with Gasteiger partial charge in [0.15, 0.2) is 0 Å². The second-order valence-corrected chi connectivity index (χ2v) is 9.04. The van der Waals surface area contributed by atoms with Crippen molar-refractivity contribution in [1.82, 2.24) is 10.2 Å². The van der Waals surface area contributed by atoms with Gasteiger partial charge in [-0.2, -0.15) is 0 Å². The zero-order valence-corrected chi connectivity index (χ0v) is 14.7. The van der Waals surface area contributed by atoms with Gasteiger partial charge >= 0.3 is 6.03 Å². The average molecular weight is 322 g/mol. The van der Waals surface area contributed by atoms with E-state index in [0.717, 1.165) is 25.7 Å². The molecule has 0 aromatic rings. The van der Waals surface area contributed by atoms with Gasteiger partial charge in [-0.25, -0.2) is 4.79 Å². The number of aliphatic hydroxyl groups is 1. The van der Waals surface area contributed by atoms with Crippen LogP contribution in [0.15, 0.2) is 0 Å². The van der Waals surface area contributed by atoms with Crippen LogP contribution in [0.3, 0.4) is 0 Å². The molecule has 5 heteroatoms. The molecule has 3 rings (SSSR count). The predicted octanol–water partition coefficient (Wildman–Crippen LogP) is 2.82. The summed E-state index contributed by atoms with van der Waals surface area (Å²) in [5, 5.41) is 13.7. The summed E-state index contributed by atoms with van der Waals surface area (Å²) < 4.78 is 0. The van der Waals surface area contributed by atoms with Gasteiger partial charge in [0, 0.05) is 0 Å². The Balaban J connectivity index is 1.79. The third-order valence-corrected chi connectivity index (χ3v) is 5.86. The van der Waals surface area contributed by atoms with Crippen molar-refractivity contribution in [2.45, 2.75) is 83.3 Å². The van der Waals surface area contributed by atoms with E-state index in [-0.39, 0.29) is 23.9 Å². The lowest BCUT2D eigenvalue weighted by Crippen LogP contribution is -2.54. The van der Waals surface area contributed by atoms with Crippen molar-refractivity contribution in [3.8, 4) is 0 Å². The Morgan fingerprint density at radius 2 is 1.83 bits per heavy atom. The van der Waals surface area contributed by atoms with Crippen molar-refractivity contribution in [1.29, 1.82) is 0 Å². The Labute approximate surface area is 138 Å². The molecule has 0 bridgehead atoms. The molecular weight excluding hydrogens is 292 g/mol. The molecule has 0 radical (unpaired) electrons. The average Bonchev–Trinajstić information content (AvgIpc) is 2.61. The van der Waals surface area contributed by atoms with Crippen LogP contribution in [-0.2, 0) is 4.79 Å². The first-order valence-corrected chi connectivity index (χ1v) is 9.01. The fourth-order valence-electron chi connectivity index (χ4n) is 5.31. The van der Waals surface area contributed by atoms with Gasteiger partial charge in [-0.05, 0) is 43.4 Å². The van der Waals surface area contributed by atoms with Crippen molar-refractivity contribution in [3.05, 3.63) is 0 Å². The van der Waals surface area contributed by atoms with Crippen LogP contribution in [0, 0.1) is 11.3 Å². The van der Waals surface area contributed by atoms with Crippen molar-refractivity contribution in [2.75, 3.05) is 6.54 Å². The van der Waals surface area contributed by atoms with E-state index in [0.29, 0.717) is 31.6 Å². The molecule has 130 valence electrons. The monoisotopic (exact) mass is 322 g/mol. The Hall–Kier alpha value is -1.10. The quantitative estimate of drug-likeness (QED) is 0.768. The molecule has 1 heterocycles. The highest BCUT2D eigenvalue weighted by Gasteiger charge is 2.57. The van der Waals surface area contributed by atoms with Crippen LogP contribution in [0.5, 0.6) is 0 Å². The topological polar surface area (TPSA) is 69.6 Å². The molecule has 2 N–H and O–H groups in total. The first-order valence-electron chi connectivity index (χ1n) is 9.01. The van der Waals surface area contributed by atoms with E-state index in [1.165, 1.54) is 4.90 Å². The number of urea groups is 1. The zero-order chi connectivity index (χ0) is 16.9. The summed E-state index contributed by atoms with van der Waals surface area (Å²) >= 11 is 0. The summed E-state index contributed by atoms with van der Waals surface area (Å²) in [4.78, 5) is 26.8. The maximum Gasteiger partial charge on any atom is 0.325 e. The molecule has 3 aliphatic rings. The molecule has 23 heavy (non-hydrogen) atoms. The highest BCUT2D eigenvalue weighted by Crippen LogP contribution is 2.46. The van der Waals surface area contributed by atoms with Gasteiger partial charge in [0.05, 0.1) is 12.1 Å². The number of β-amino-alcohol motifs (C(OH)–C–C–N with tert-alkyl or cyclic N) is 1. The third kappa shape index (κ3) is 3.12. The fourth-order valence-corrected chi connectivity index (χ4v) is 5.31. The first kappa shape index (κ1) is 16.7. The van der Waals surface area contributed by atoms with Crippen LogP contribution in [0.2, 0.25) is 0 Å². The molecular formula is C18H30N2O3. The Morgan fingerprint density at radius 1 is 1.17 bits per heavy atom. The number of rotatable bonds is 2. The molecule has 0 aromatic heterocycles. The second-order valence-electron chi connectivity index (χ2n) is 9.04. The Bertz CT molecular complexity index is 510. The number of hydrogen-bond acceptors (Lipinski definition) is 3. The molecule has 5 nitrogen and oxygen atoms in total. The molecule has 2 saturated carbocycles. The van der Waals surface area contributed by atoms with Crippen LogP contribution in [0.4, 0.5) is 4.79 Å². The summed E-state index contributed by atoms with van der Waals surface area (Å²) in [5.41, 5.74) is -1.62. The normalized spacial score (nSPS) is 36.3. The summed E-state index contributed by atoms with van der Waals surface area (Å²) in [7, 11) is 0. The minimum Gasteiger partial charge on any atom is -0.388 e. The molecule has 3 amide bonds. The highest BCUT2D eigenvalue weighted by molar-refractivity contribution is 6.07. The maximum atomic E-state index is 13.1. The summed E-state index contributed by atoms with van der Waals surface area (Å²) in [6, 6.07) is -0.320. The van der Waals surface area contributed by atoms with Gasteiger partial charge in [-0.3, -0.25) is 9.69 Å². The van der Waals surface area contributed by atoms with E-state index in [4.69, 9.17) is 0 Å². The van der Waals surface area contributed by atoms with E-state index < -0.39 is 11.1 Å². The van der Waals surface area contributed by atoms with Crippen molar-refractivity contribution >= 4 is 11.9 Å². The number of imide groups is 1. The smallest absolute Gasteiger partial charge is 0.325 e. The van der Waals surface area contributed by atoms with Gasteiger partial charge in [-0.1, -0.05) is 40.0 Å². The number of hydrogen-bond donors (Lipinski definition) is 2. The lowest BCUT2D eigenvalue weighted by molar-refractivity contribution is -0.137. The van der Waals surface area contributed by atoms with E-state index in [1.54, 1.807) is 0 Å². The standard InChI is InChI=1S/C18H30N2O3/c1-13-9-16(2,3)11-18(10-13)14(21)20(15(22)19-18)12-17(23)7-5-4-6-8-17/h13,23H,4-12H2,1-3H3,(H,19,22)/t13-,18+/m1/s1. The summed E-state index contributed by atoms with van der Waals surface area (Å²) in [6.45, 7) is 6.63. The first-order chi connectivity index (χ1) is 10.6. The molecule has 1 aliphatic heterocycles. The van der Waals surface area contributed by atoms with E-state index in [2.05, 4.69) is 26.1 Å². The molecule has 1 spiro atoms. The zero-order valence-electron chi connectivity index (χ0n) is 14.7. The van der Waals surface area contributed by atoms with Gasteiger partial charge in [0.2, 0.25) is 0 Å². The Morgan fingerprint density at radius 3 is 2.43 bits per heavy atom. The largest absolute Gasteiger partial charge is 0.388 e. The van der Waals surface area contributed by atoms with E-state index in [1.807, 2.05) is 0 Å². The second kappa shape index (κ2) is 5.47. The van der Waals surface area contributed by atoms with Gasteiger partial charge in [0.1, 0.15) is 5.54 Å². The molecule has 1 saturated heterocycles. The number of carbonyl (C=O) groups excluding carboxylic acids is 2.